The molecule has 1 aliphatic heterocycles. The molecule has 7 heteroatoms. The van der Waals surface area contributed by atoms with Crippen LogP contribution < -0.4 is 5.32 Å². The molecular formula is C17H20N6O. The van der Waals surface area contributed by atoms with E-state index in [4.69, 9.17) is 4.74 Å². The average molecular weight is 324 g/mol. The monoisotopic (exact) mass is 324 g/mol. The Morgan fingerprint density at radius 3 is 3.04 bits per heavy atom. The Labute approximate surface area is 140 Å². The van der Waals surface area contributed by atoms with Crippen molar-refractivity contribution in [2.45, 2.75) is 12.6 Å². The van der Waals surface area contributed by atoms with Gasteiger partial charge >= 0.3 is 0 Å². The number of benzene rings is 1. The Bertz CT molecular complexity index is 790. The summed E-state index contributed by atoms with van der Waals surface area (Å²) in [4.78, 5) is 18.1. The van der Waals surface area contributed by atoms with Crippen molar-refractivity contribution in [3.05, 3.63) is 48.5 Å². The lowest BCUT2D eigenvalue weighted by Crippen LogP contribution is -2.44. The van der Waals surface area contributed by atoms with Gasteiger partial charge in [0.05, 0.1) is 19.0 Å². The fourth-order valence-corrected chi connectivity index (χ4v) is 3.00. The number of aromatic amines is 1. The molecule has 2 N–H and O–H groups in total. The van der Waals surface area contributed by atoms with Crippen LogP contribution in [0.15, 0.2) is 43.0 Å². The minimum Gasteiger partial charge on any atom is -0.374 e. The van der Waals surface area contributed by atoms with Gasteiger partial charge in [0.15, 0.2) is 11.5 Å². The van der Waals surface area contributed by atoms with Gasteiger partial charge in [0, 0.05) is 26.2 Å². The number of H-pyrrole nitrogens is 1. The second kappa shape index (κ2) is 6.94. The average Bonchev–Trinajstić information content (AvgIpc) is 3.10. The largest absolute Gasteiger partial charge is 0.374 e. The quantitative estimate of drug-likeness (QED) is 0.743. The van der Waals surface area contributed by atoms with E-state index >= 15 is 0 Å². The molecule has 0 bridgehead atoms. The zero-order chi connectivity index (χ0) is 16.2. The van der Waals surface area contributed by atoms with Crippen LogP contribution in [-0.2, 0) is 11.3 Å². The number of imidazole rings is 1. The highest BCUT2D eigenvalue weighted by Crippen LogP contribution is 2.16. The molecular weight excluding hydrogens is 304 g/mol. The molecule has 1 aliphatic rings. The van der Waals surface area contributed by atoms with Crippen molar-refractivity contribution in [2.24, 2.45) is 0 Å². The van der Waals surface area contributed by atoms with Gasteiger partial charge in [-0.3, -0.25) is 4.90 Å². The molecule has 2 aromatic heterocycles. The van der Waals surface area contributed by atoms with E-state index in [2.05, 4.69) is 54.4 Å². The smallest absolute Gasteiger partial charge is 0.182 e. The summed E-state index contributed by atoms with van der Waals surface area (Å²) in [5, 5.41) is 3.35. The highest BCUT2D eigenvalue weighted by atomic mass is 16.5. The third-order valence-electron chi connectivity index (χ3n) is 4.19. The third kappa shape index (κ3) is 3.37. The second-order valence-corrected chi connectivity index (χ2v) is 5.92. The first kappa shape index (κ1) is 15.0. The molecule has 0 radical (unpaired) electrons. The Morgan fingerprint density at radius 2 is 2.12 bits per heavy atom. The normalized spacial score (nSPS) is 18.8. The number of fused-ring (bicyclic) bond motifs is 1. The third-order valence-corrected chi connectivity index (χ3v) is 4.19. The first-order valence-electron chi connectivity index (χ1n) is 8.14. The van der Waals surface area contributed by atoms with Crippen LogP contribution >= 0.6 is 0 Å². The number of hydrogen-bond donors (Lipinski definition) is 2. The van der Waals surface area contributed by atoms with Crippen LogP contribution in [0.5, 0.6) is 0 Å². The molecule has 1 unspecified atom stereocenters. The topological polar surface area (TPSA) is 79.0 Å². The molecule has 7 nitrogen and oxygen atoms in total. The zero-order valence-electron chi connectivity index (χ0n) is 13.4. The van der Waals surface area contributed by atoms with Gasteiger partial charge in [-0.05, 0) is 5.56 Å². The fraction of sp³-hybridized carbons (Fsp3) is 0.353. The molecule has 0 aliphatic carbocycles. The van der Waals surface area contributed by atoms with Crippen molar-refractivity contribution in [1.29, 1.82) is 0 Å². The van der Waals surface area contributed by atoms with Crippen LogP contribution in [0.2, 0.25) is 0 Å². The number of rotatable bonds is 5. The van der Waals surface area contributed by atoms with E-state index in [-0.39, 0.29) is 6.10 Å². The van der Waals surface area contributed by atoms with Crippen LogP contribution in [0.4, 0.5) is 5.82 Å². The first-order chi connectivity index (χ1) is 11.9. The Hall–Kier alpha value is -2.51. The van der Waals surface area contributed by atoms with Gasteiger partial charge in [-0.1, -0.05) is 30.3 Å². The standard InChI is InChI=1S/C17H20N6O/c1-2-4-13(5-3-1)9-23-6-7-24-14(10-23)8-18-16-15-17(20-11-19-15)22-12-21-16/h1-5,11-12,14H,6-10H2,(H2,18,19,20,21,22). The lowest BCUT2D eigenvalue weighted by molar-refractivity contribution is -0.0240. The zero-order valence-corrected chi connectivity index (χ0v) is 13.4. The number of anilines is 1. The molecule has 1 saturated heterocycles. The van der Waals surface area contributed by atoms with Crippen LogP contribution in [0.3, 0.4) is 0 Å². The molecule has 0 saturated carbocycles. The maximum absolute atomic E-state index is 5.89. The summed E-state index contributed by atoms with van der Waals surface area (Å²) in [6.45, 7) is 4.28. The molecule has 24 heavy (non-hydrogen) atoms. The minimum absolute atomic E-state index is 0.135. The molecule has 3 aromatic rings. The first-order valence-corrected chi connectivity index (χ1v) is 8.14. The van der Waals surface area contributed by atoms with Crippen molar-refractivity contribution < 1.29 is 4.74 Å². The summed E-state index contributed by atoms with van der Waals surface area (Å²) in [5.41, 5.74) is 2.83. The van der Waals surface area contributed by atoms with Crippen LogP contribution in [-0.4, -0.2) is 57.2 Å². The molecule has 1 atom stereocenters. The van der Waals surface area contributed by atoms with E-state index in [1.807, 2.05) is 6.07 Å². The Balaban J connectivity index is 1.36. The molecule has 124 valence electrons. The second-order valence-electron chi connectivity index (χ2n) is 5.92. The van der Waals surface area contributed by atoms with Gasteiger partial charge < -0.3 is 15.0 Å². The van der Waals surface area contributed by atoms with Crippen LogP contribution in [0, 0.1) is 0 Å². The van der Waals surface area contributed by atoms with Crippen molar-refractivity contribution >= 4 is 17.0 Å². The van der Waals surface area contributed by atoms with E-state index in [0.717, 1.165) is 37.6 Å². The maximum atomic E-state index is 5.89. The number of nitrogens with one attached hydrogen (secondary N) is 2. The number of ether oxygens (including phenoxy) is 1. The maximum Gasteiger partial charge on any atom is 0.182 e. The summed E-state index contributed by atoms with van der Waals surface area (Å²) in [5.74, 6) is 0.765. The van der Waals surface area contributed by atoms with Gasteiger partial charge in [-0.15, -0.1) is 0 Å². The van der Waals surface area contributed by atoms with Gasteiger partial charge in [-0.2, -0.15) is 0 Å². The molecule has 1 fully saturated rings. The Kier molecular flexibility index (Phi) is 4.35. The van der Waals surface area contributed by atoms with E-state index < -0.39 is 0 Å². The van der Waals surface area contributed by atoms with Gasteiger partial charge in [0.25, 0.3) is 0 Å². The van der Waals surface area contributed by atoms with E-state index in [1.54, 1.807) is 6.33 Å². The number of nitrogens with zero attached hydrogens (tertiary/aromatic N) is 4. The number of hydrogen-bond acceptors (Lipinski definition) is 6. The van der Waals surface area contributed by atoms with Crippen LogP contribution in [0.25, 0.3) is 11.2 Å². The van der Waals surface area contributed by atoms with Gasteiger partial charge in [0.1, 0.15) is 11.8 Å². The minimum atomic E-state index is 0.135. The SMILES string of the molecule is c1ccc(CN2CCOC(CNc3ncnc4nc[nH]c34)C2)cc1. The van der Waals surface area contributed by atoms with E-state index in [1.165, 1.54) is 11.9 Å². The molecule has 4 rings (SSSR count). The predicted molar refractivity (Wildman–Crippen MR) is 91.6 cm³/mol. The van der Waals surface area contributed by atoms with Gasteiger partial charge in [-0.25, -0.2) is 15.0 Å². The van der Waals surface area contributed by atoms with Crippen molar-refractivity contribution in [1.82, 2.24) is 24.8 Å². The van der Waals surface area contributed by atoms with Gasteiger partial charge in [0.2, 0.25) is 0 Å². The highest BCUT2D eigenvalue weighted by Gasteiger charge is 2.20. The molecule has 0 spiro atoms. The van der Waals surface area contributed by atoms with Crippen molar-refractivity contribution in [3.8, 4) is 0 Å². The van der Waals surface area contributed by atoms with E-state index in [0.29, 0.717) is 12.2 Å². The summed E-state index contributed by atoms with van der Waals surface area (Å²) in [6.07, 6.45) is 3.29. The van der Waals surface area contributed by atoms with E-state index in [9.17, 15) is 0 Å². The Morgan fingerprint density at radius 1 is 1.21 bits per heavy atom. The predicted octanol–water partition coefficient (Wildman–Crippen LogP) is 1.67. The summed E-state index contributed by atoms with van der Waals surface area (Å²) >= 11 is 0. The highest BCUT2D eigenvalue weighted by molar-refractivity contribution is 5.81. The summed E-state index contributed by atoms with van der Waals surface area (Å²) in [7, 11) is 0. The summed E-state index contributed by atoms with van der Waals surface area (Å²) in [6, 6.07) is 10.5. The number of aromatic nitrogens is 4. The van der Waals surface area contributed by atoms with Crippen molar-refractivity contribution in [2.75, 3.05) is 31.6 Å². The van der Waals surface area contributed by atoms with Crippen LogP contribution in [0.1, 0.15) is 5.56 Å². The molecule has 0 amide bonds. The lowest BCUT2D eigenvalue weighted by atomic mass is 10.2. The number of morpholine rings is 1. The lowest BCUT2D eigenvalue weighted by Gasteiger charge is -2.33. The fourth-order valence-electron chi connectivity index (χ4n) is 3.00. The molecule has 3 heterocycles. The van der Waals surface area contributed by atoms with Crippen molar-refractivity contribution in [3.63, 3.8) is 0 Å². The summed E-state index contributed by atoms with van der Waals surface area (Å²) < 4.78 is 5.89. The molecule has 1 aromatic carbocycles.